The van der Waals surface area contributed by atoms with E-state index in [1.807, 2.05) is 11.4 Å². The first kappa shape index (κ1) is 26.6. The lowest BCUT2D eigenvalue weighted by Crippen LogP contribution is -2.45. The first-order chi connectivity index (χ1) is 18.9. The standard InChI is InChI=1S/C27H29ClN8O3/c1-3-16-5-7-17(8-6-16)14-36-22-21(18-11-19(28)13-30-12-18)31-25(23(29)32-27(37)38)33-24(22)34-26(36)35-9-10-39-15-20(35)4-2/h1,4,11-13,16-17,20H,2,5-10,14-15H2,(H2,29,32)(H,37,38)/t16-,17-,20-/m1/s1. The van der Waals surface area contributed by atoms with E-state index in [2.05, 4.69) is 36.9 Å². The number of aromatic nitrogens is 5. The number of nitrogens with one attached hydrogen (secondary N) is 2. The Morgan fingerprint density at radius 2 is 2.10 bits per heavy atom. The zero-order valence-electron chi connectivity index (χ0n) is 21.3. The van der Waals surface area contributed by atoms with Crippen molar-refractivity contribution in [2.75, 3.05) is 24.7 Å². The van der Waals surface area contributed by atoms with Crippen molar-refractivity contribution in [3.05, 3.63) is 42.0 Å². The van der Waals surface area contributed by atoms with Crippen LogP contribution in [0.5, 0.6) is 0 Å². The van der Waals surface area contributed by atoms with E-state index in [1.54, 1.807) is 12.3 Å². The fourth-order valence-electron chi connectivity index (χ4n) is 5.27. The van der Waals surface area contributed by atoms with E-state index >= 15 is 0 Å². The maximum absolute atomic E-state index is 11.3. The second-order valence-electron chi connectivity index (χ2n) is 9.74. The van der Waals surface area contributed by atoms with Crippen molar-refractivity contribution in [2.24, 2.45) is 11.8 Å². The molecule has 1 saturated heterocycles. The number of anilines is 1. The molecule has 1 amide bonds. The molecule has 0 aromatic carbocycles. The first-order valence-corrected chi connectivity index (χ1v) is 13.2. The Bertz CT molecular complexity index is 1460. The summed E-state index contributed by atoms with van der Waals surface area (Å²) < 4.78 is 7.83. The summed E-state index contributed by atoms with van der Waals surface area (Å²) in [5.41, 5.74) is 2.06. The number of carboxylic acid groups (broad SMARTS) is 1. The Morgan fingerprint density at radius 1 is 1.31 bits per heavy atom. The highest BCUT2D eigenvalue weighted by atomic mass is 35.5. The number of terminal acetylenes is 1. The van der Waals surface area contributed by atoms with Gasteiger partial charge in [-0.25, -0.2) is 14.8 Å². The molecule has 1 saturated carbocycles. The molecule has 3 aromatic rings. The molecule has 1 aliphatic heterocycles. The molecule has 4 heterocycles. The molecule has 1 aliphatic carbocycles. The average molecular weight is 549 g/mol. The lowest BCUT2D eigenvalue weighted by atomic mass is 9.82. The normalized spacial score (nSPS) is 21.3. The van der Waals surface area contributed by atoms with Gasteiger partial charge in [0.15, 0.2) is 17.3 Å². The van der Waals surface area contributed by atoms with Gasteiger partial charge in [-0.15, -0.1) is 18.9 Å². The van der Waals surface area contributed by atoms with Gasteiger partial charge in [0.1, 0.15) is 11.2 Å². The Kier molecular flexibility index (Phi) is 7.77. The van der Waals surface area contributed by atoms with Crippen molar-refractivity contribution in [3.8, 4) is 23.6 Å². The number of hydrogen-bond donors (Lipinski definition) is 3. The molecular formula is C27H29ClN8O3. The SMILES string of the molecule is C#C[C@H]1CC[C@H](Cn2c(N3CCOC[C@H]3C=C)nc3nc(C(=N)NC(=O)O)nc(-c4cncc(Cl)c4)c32)CC1. The molecular weight excluding hydrogens is 520 g/mol. The van der Waals surface area contributed by atoms with E-state index in [0.717, 1.165) is 25.7 Å². The zero-order valence-corrected chi connectivity index (χ0v) is 22.1. The number of fused-ring (bicyclic) bond motifs is 1. The van der Waals surface area contributed by atoms with Crippen molar-refractivity contribution >= 4 is 40.6 Å². The Morgan fingerprint density at radius 3 is 2.79 bits per heavy atom. The van der Waals surface area contributed by atoms with E-state index in [4.69, 9.17) is 33.2 Å². The number of hydrogen-bond acceptors (Lipinski definition) is 8. The van der Waals surface area contributed by atoms with Crippen LogP contribution in [-0.4, -0.2) is 67.3 Å². The van der Waals surface area contributed by atoms with Gasteiger partial charge in [-0.1, -0.05) is 17.7 Å². The van der Waals surface area contributed by atoms with Crippen LogP contribution in [0.1, 0.15) is 31.5 Å². The first-order valence-electron chi connectivity index (χ1n) is 12.8. The summed E-state index contributed by atoms with van der Waals surface area (Å²) in [5, 5.41) is 19.9. The average Bonchev–Trinajstić information content (AvgIpc) is 3.30. The maximum atomic E-state index is 11.3. The third-order valence-electron chi connectivity index (χ3n) is 7.23. The fraction of sp³-hybridized carbons (Fsp3) is 0.407. The number of rotatable bonds is 6. The number of pyridine rings is 1. The van der Waals surface area contributed by atoms with E-state index in [1.165, 1.54) is 6.20 Å². The van der Waals surface area contributed by atoms with Gasteiger partial charge in [-0.3, -0.25) is 15.7 Å². The van der Waals surface area contributed by atoms with Gasteiger partial charge < -0.3 is 19.3 Å². The van der Waals surface area contributed by atoms with E-state index in [-0.39, 0.29) is 11.9 Å². The molecule has 0 spiro atoms. The van der Waals surface area contributed by atoms with Crippen LogP contribution < -0.4 is 10.2 Å². The predicted molar refractivity (Wildman–Crippen MR) is 148 cm³/mol. The van der Waals surface area contributed by atoms with Crippen LogP contribution in [0.25, 0.3) is 22.4 Å². The fourth-order valence-corrected chi connectivity index (χ4v) is 5.44. The van der Waals surface area contributed by atoms with E-state index < -0.39 is 11.9 Å². The summed E-state index contributed by atoms with van der Waals surface area (Å²) in [4.78, 5) is 31.7. The third-order valence-corrected chi connectivity index (χ3v) is 7.44. The molecule has 2 aliphatic rings. The molecule has 1 atom stereocenters. The molecule has 3 N–H and O–H groups in total. The van der Waals surface area contributed by atoms with Gasteiger partial charge in [0.25, 0.3) is 0 Å². The topological polar surface area (TPSA) is 142 Å². The monoisotopic (exact) mass is 548 g/mol. The van der Waals surface area contributed by atoms with Crippen molar-refractivity contribution in [1.29, 1.82) is 5.41 Å². The van der Waals surface area contributed by atoms with Gasteiger partial charge in [-0.2, -0.15) is 4.98 Å². The van der Waals surface area contributed by atoms with Crippen LogP contribution in [0.3, 0.4) is 0 Å². The second kappa shape index (κ2) is 11.4. The maximum Gasteiger partial charge on any atom is 0.410 e. The van der Waals surface area contributed by atoms with Gasteiger partial charge >= 0.3 is 6.09 Å². The lowest BCUT2D eigenvalue weighted by Gasteiger charge is -2.35. The predicted octanol–water partition coefficient (Wildman–Crippen LogP) is 3.97. The third kappa shape index (κ3) is 5.57. The molecule has 2 fully saturated rings. The number of ether oxygens (including phenoxy) is 1. The molecule has 11 nitrogen and oxygen atoms in total. The summed E-state index contributed by atoms with van der Waals surface area (Å²) in [7, 11) is 0. The number of amidine groups is 1. The smallest absolute Gasteiger partial charge is 0.410 e. The number of halogens is 1. The molecule has 0 unspecified atom stereocenters. The largest absolute Gasteiger partial charge is 0.465 e. The molecule has 3 aromatic heterocycles. The molecule has 39 heavy (non-hydrogen) atoms. The van der Waals surface area contributed by atoms with Crippen LogP contribution in [0.15, 0.2) is 31.1 Å². The van der Waals surface area contributed by atoms with Crippen LogP contribution in [0, 0.1) is 29.6 Å². The van der Waals surface area contributed by atoms with E-state index in [0.29, 0.717) is 71.5 Å². The highest BCUT2D eigenvalue weighted by Gasteiger charge is 2.31. The minimum atomic E-state index is -1.38. The highest BCUT2D eigenvalue weighted by molar-refractivity contribution is 6.30. The summed E-state index contributed by atoms with van der Waals surface area (Å²) in [6.45, 7) is 6.29. The molecule has 5 rings (SSSR count). The molecule has 0 bridgehead atoms. The van der Waals surface area contributed by atoms with Gasteiger partial charge in [0.05, 0.1) is 24.3 Å². The van der Waals surface area contributed by atoms with Crippen molar-refractivity contribution in [3.63, 3.8) is 0 Å². The quantitative estimate of drug-likeness (QED) is 0.182. The van der Waals surface area contributed by atoms with Crippen LogP contribution in [0.2, 0.25) is 5.02 Å². The van der Waals surface area contributed by atoms with E-state index in [9.17, 15) is 9.90 Å². The van der Waals surface area contributed by atoms with Gasteiger partial charge in [-0.05, 0) is 37.7 Å². The lowest BCUT2D eigenvalue weighted by molar-refractivity contribution is 0.105. The molecule has 12 heteroatoms. The van der Waals surface area contributed by atoms with Crippen molar-refractivity contribution in [2.45, 2.75) is 38.3 Å². The Hall–Kier alpha value is -4.01. The molecule has 202 valence electrons. The number of carbonyl (C=O) groups is 1. The molecule has 0 radical (unpaired) electrons. The minimum Gasteiger partial charge on any atom is -0.465 e. The van der Waals surface area contributed by atoms with Crippen molar-refractivity contribution < 1.29 is 14.6 Å². The Balaban J connectivity index is 1.71. The van der Waals surface area contributed by atoms with Crippen LogP contribution >= 0.6 is 11.6 Å². The Labute approximate surface area is 230 Å². The van der Waals surface area contributed by atoms with Crippen LogP contribution in [0.4, 0.5) is 10.7 Å². The highest BCUT2D eigenvalue weighted by Crippen LogP contribution is 2.36. The number of amides is 1. The number of imidazole rings is 1. The van der Waals surface area contributed by atoms with Crippen LogP contribution in [-0.2, 0) is 11.3 Å². The summed E-state index contributed by atoms with van der Waals surface area (Å²) in [6.07, 6.45) is 13.2. The summed E-state index contributed by atoms with van der Waals surface area (Å²) >= 11 is 6.29. The second-order valence-corrected chi connectivity index (χ2v) is 10.2. The van der Waals surface area contributed by atoms with Gasteiger partial charge in [0.2, 0.25) is 5.95 Å². The van der Waals surface area contributed by atoms with Gasteiger partial charge in [0, 0.05) is 37.0 Å². The summed E-state index contributed by atoms with van der Waals surface area (Å²) in [5.74, 6) is 3.69. The number of morpholine rings is 1. The zero-order chi connectivity index (χ0) is 27.5. The number of nitrogens with zero attached hydrogens (tertiary/aromatic N) is 6. The summed E-state index contributed by atoms with van der Waals surface area (Å²) in [6, 6.07) is 1.63. The minimum absolute atomic E-state index is 0.0952. The van der Waals surface area contributed by atoms with Crippen molar-refractivity contribution in [1.82, 2.24) is 29.8 Å².